The summed E-state index contributed by atoms with van der Waals surface area (Å²) < 4.78 is 5.46. The molecule has 0 bridgehead atoms. The lowest BCUT2D eigenvalue weighted by Gasteiger charge is -2.33. The lowest BCUT2D eigenvalue weighted by Crippen LogP contribution is -2.39. The largest absolute Gasteiger partial charge is 0.496 e. The van der Waals surface area contributed by atoms with Crippen LogP contribution in [0.25, 0.3) is 0 Å². The standard InChI is InChI=1S/C21H20N4O4S/c1-29-16-9-5-2-6-12(16)17-18-15(10-11-25(17)21(27)28)24-20(30-18)19(26)23-14-8-4-3-7-13(14)22/h2-9,17H,10-11,22H2,1H3,(H,23,26)(H,27,28). The Labute approximate surface area is 176 Å². The number of benzene rings is 2. The van der Waals surface area contributed by atoms with E-state index in [0.29, 0.717) is 29.1 Å². The Kier molecular flexibility index (Phi) is 5.28. The molecule has 0 saturated carbocycles. The molecular weight excluding hydrogens is 404 g/mol. The zero-order valence-electron chi connectivity index (χ0n) is 16.2. The Morgan fingerprint density at radius 1 is 1.23 bits per heavy atom. The maximum atomic E-state index is 12.8. The number of anilines is 2. The highest BCUT2D eigenvalue weighted by molar-refractivity contribution is 7.14. The molecule has 0 saturated heterocycles. The van der Waals surface area contributed by atoms with Gasteiger partial charge in [-0.3, -0.25) is 9.69 Å². The topological polar surface area (TPSA) is 118 Å². The number of thiazole rings is 1. The minimum absolute atomic E-state index is 0.260. The van der Waals surface area contributed by atoms with Gasteiger partial charge in [0.25, 0.3) is 5.91 Å². The number of hydrogen-bond acceptors (Lipinski definition) is 6. The first-order valence-corrected chi connectivity index (χ1v) is 10.1. The number of hydrogen-bond donors (Lipinski definition) is 3. The fourth-order valence-electron chi connectivity index (χ4n) is 3.54. The van der Waals surface area contributed by atoms with Crippen molar-refractivity contribution < 1.29 is 19.4 Å². The molecule has 0 fully saturated rings. The van der Waals surface area contributed by atoms with Gasteiger partial charge in [0.1, 0.15) is 11.8 Å². The summed E-state index contributed by atoms with van der Waals surface area (Å²) in [5.74, 6) is 0.200. The van der Waals surface area contributed by atoms with Crippen LogP contribution in [0.2, 0.25) is 0 Å². The van der Waals surface area contributed by atoms with Crippen LogP contribution in [0.4, 0.5) is 16.2 Å². The second-order valence-electron chi connectivity index (χ2n) is 6.74. The lowest BCUT2D eigenvalue weighted by molar-refractivity contribution is 0.102. The van der Waals surface area contributed by atoms with Crippen LogP contribution in [0, 0.1) is 0 Å². The van der Waals surface area contributed by atoms with Crippen molar-refractivity contribution in [1.29, 1.82) is 0 Å². The number of para-hydroxylation sites is 3. The van der Waals surface area contributed by atoms with Crippen LogP contribution < -0.4 is 15.8 Å². The summed E-state index contributed by atoms with van der Waals surface area (Å²) in [6.45, 7) is 0.279. The number of methoxy groups -OCH3 is 1. The van der Waals surface area contributed by atoms with E-state index in [-0.39, 0.29) is 17.5 Å². The minimum Gasteiger partial charge on any atom is -0.496 e. The maximum Gasteiger partial charge on any atom is 0.408 e. The molecule has 0 spiro atoms. The predicted octanol–water partition coefficient (Wildman–Crippen LogP) is 3.61. The normalized spacial score (nSPS) is 15.4. The Morgan fingerprint density at radius 3 is 2.70 bits per heavy atom. The van der Waals surface area contributed by atoms with Crippen molar-refractivity contribution >= 4 is 34.7 Å². The van der Waals surface area contributed by atoms with Crippen molar-refractivity contribution in [2.75, 3.05) is 24.7 Å². The smallest absolute Gasteiger partial charge is 0.408 e. The number of nitrogen functional groups attached to an aromatic ring is 1. The van der Waals surface area contributed by atoms with Crippen molar-refractivity contribution in [3.63, 3.8) is 0 Å². The molecule has 8 nitrogen and oxygen atoms in total. The van der Waals surface area contributed by atoms with Crippen LogP contribution in [-0.4, -0.2) is 40.6 Å². The summed E-state index contributed by atoms with van der Waals surface area (Å²) in [5.41, 5.74) is 8.30. The van der Waals surface area contributed by atoms with Gasteiger partial charge in [0.15, 0.2) is 5.01 Å². The summed E-state index contributed by atoms with van der Waals surface area (Å²) in [7, 11) is 1.55. The van der Waals surface area contributed by atoms with Crippen molar-refractivity contribution in [3.05, 3.63) is 69.7 Å². The first kappa shape index (κ1) is 19.7. The fraction of sp³-hybridized carbons (Fsp3) is 0.190. The molecule has 9 heteroatoms. The number of rotatable bonds is 4. The minimum atomic E-state index is -1.03. The molecule has 0 radical (unpaired) electrons. The van der Waals surface area contributed by atoms with Crippen LogP contribution in [-0.2, 0) is 6.42 Å². The summed E-state index contributed by atoms with van der Waals surface area (Å²) in [6, 6.07) is 13.7. The molecule has 154 valence electrons. The maximum absolute atomic E-state index is 12.8. The third kappa shape index (κ3) is 3.55. The van der Waals surface area contributed by atoms with E-state index in [1.807, 2.05) is 18.2 Å². The molecule has 30 heavy (non-hydrogen) atoms. The molecule has 1 aliphatic heterocycles. The molecule has 4 N–H and O–H groups in total. The van der Waals surface area contributed by atoms with Crippen LogP contribution >= 0.6 is 11.3 Å². The number of carboxylic acid groups (broad SMARTS) is 1. The highest BCUT2D eigenvalue weighted by atomic mass is 32.1. The molecule has 1 aromatic heterocycles. The quantitative estimate of drug-likeness (QED) is 0.551. The Hall–Kier alpha value is -3.59. The van der Waals surface area contributed by atoms with Gasteiger partial charge in [-0.2, -0.15) is 0 Å². The van der Waals surface area contributed by atoms with E-state index < -0.39 is 12.1 Å². The summed E-state index contributed by atoms with van der Waals surface area (Å²) in [5, 5.41) is 12.8. The number of ether oxygens (including phenoxy) is 1. The van der Waals surface area contributed by atoms with E-state index in [1.165, 1.54) is 16.2 Å². The predicted molar refractivity (Wildman–Crippen MR) is 114 cm³/mol. The SMILES string of the molecule is COc1ccccc1C1c2sc(C(=O)Nc3ccccc3N)nc2CCN1C(=O)O. The third-order valence-corrected chi connectivity index (χ3v) is 6.11. The molecule has 2 heterocycles. The van der Waals surface area contributed by atoms with Gasteiger partial charge in [-0.05, 0) is 18.2 Å². The van der Waals surface area contributed by atoms with E-state index in [4.69, 9.17) is 10.5 Å². The molecular formula is C21H20N4O4S. The fourth-order valence-corrected chi connectivity index (χ4v) is 4.68. The lowest BCUT2D eigenvalue weighted by atomic mass is 9.97. The Bertz CT molecular complexity index is 1110. The number of amides is 2. The van der Waals surface area contributed by atoms with Crippen molar-refractivity contribution in [3.8, 4) is 5.75 Å². The number of nitrogens with zero attached hydrogens (tertiary/aromatic N) is 2. The number of carbonyl (C=O) groups excluding carboxylic acids is 1. The summed E-state index contributed by atoms with van der Waals surface area (Å²) in [4.78, 5) is 31.3. The summed E-state index contributed by atoms with van der Waals surface area (Å²) >= 11 is 1.19. The first-order chi connectivity index (χ1) is 14.5. The van der Waals surface area contributed by atoms with E-state index in [9.17, 15) is 14.7 Å². The van der Waals surface area contributed by atoms with Gasteiger partial charge < -0.3 is 20.9 Å². The molecule has 1 atom stereocenters. The van der Waals surface area contributed by atoms with Crippen LogP contribution in [0.1, 0.15) is 32.0 Å². The van der Waals surface area contributed by atoms with Crippen molar-refractivity contribution in [1.82, 2.24) is 9.88 Å². The van der Waals surface area contributed by atoms with Gasteiger partial charge in [-0.15, -0.1) is 11.3 Å². The van der Waals surface area contributed by atoms with Crippen molar-refractivity contribution in [2.24, 2.45) is 0 Å². The highest BCUT2D eigenvalue weighted by Gasteiger charge is 2.37. The molecule has 0 aliphatic carbocycles. The monoisotopic (exact) mass is 424 g/mol. The molecule has 2 amide bonds. The number of fused-ring (bicyclic) bond motifs is 1. The highest BCUT2D eigenvalue weighted by Crippen LogP contribution is 2.42. The number of nitrogens with two attached hydrogens (primary N) is 1. The Balaban J connectivity index is 1.73. The van der Waals surface area contributed by atoms with Crippen molar-refractivity contribution in [2.45, 2.75) is 12.5 Å². The van der Waals surface area contributed by atoms with E-state index >= 15 is 0 Å². The number of aromatic nitrogens is 1. The van der Waals surface area contributed by atoms with Crippen LogP contribution in [0.5, 0.6) is 5.75 Å². The van der Waals surface area contributed by atoms with Gasteiger partial charge in [0, 0.05) is 18.5 Å². The van der Waals surface area contributed by atoms with Gasteiger partial charge in [-0.1, -0.05) is 30.3 Å². The van der Waals surface area contributed by atoms with Gasteiger partial charge in [0.05, 0.1) is 29.1 Å². The number of nitrogens with one attached hydrogen (secondary N) is 1. The molecule has 4 rings (SSSR count). The van der Waals surface area contributed by atoms with Gasteiger partial charge in [-0.25, -0.2) is 9.78 Å². The van der Waals surface area contributed by atoms with Crippen LogP contribution in [0.3, 0.4) is 0 Å². The second-order valence-corrected chi connectivity index (χ2v) is 7.77. The average molecular weight is 424 g/mol. The molecule has 3 aromatic rings. The molecule has 1 aliphatic rings. The Morgan fingerprint density at radius 2 is 1.97 bits per heavy atom. The zero-order valence-corrected chi connectivity index (χ0v) is 17.0. The zero-order chi connectivity index (χ0) is 21.3. The third-order valence-electron chi connectivity index (χ3n) is 4.96. The van der Waals surface area contributed by atoms with Crippen LogP contribution in [0.15, 0.2) is 48.5 Å². The first-order valence-electron chi connectivity index (χ1n) is 9.27. The summed E-state index contributed by atoms with van der Waals surface area (Å²) in [6.07, 6.45) is -0.599. The van der Waals surface area contributed by atoms with E-state index in [1.54, 1.807) is 37.4 Å². The van der Waals surface area contributed by atoms with Gasteiger partial charge >= 0.3 is 6.09 Å². The van der Waals surface area contributed by atoms with Gasteiger partial charge in [0.2, 0.25) is 0 Å². The van der Waals surface area contributed by atoms with E-state index in [0.717, 1.165) is 10.6 Å². The molecule has 2 aromatic carbocycles. The molecule has 1 unspecified atom stereocenters. The van der Waals surface area contributed by atoms with E-state index in [2.05, 4.69) is 10.3 Å². The number of carbonyl (C=O) groups is 2. The average Bonchev–Trinajstić information content (AvgIpc) is 3.19. The second kappa shape index (κ2) is 8.03.